The van der Waals surface area contributed by atoms with Crippen molar-refractivity contribution >= 4 is 0 Å². The van der Waals surface area contributed by atoms with E-state index in [4.69, 9.17) is 0 Å². The van der Waals surface area contributed by atoms with Crippen LogP contribution in [-0.4, -0.2) is 9.78 Å². The summed E-state index contributed by atoms with van der Waals surface area (Å²) in [6.07, 6.45) is 15.4. The van der Waals surface area contributed by atoms with Crippen molar-refractivity contribution in [1.29, 1.82) is 0 Å². The molecule has 0 radical (unpaired) electrons. The van der Waals surface area contributed by atoms with Gasteiger partial charge >= 0.3 is 0 Å². The first-order valence-corrected chi connectivity index (χ1v) is 8.62. The van der Waals surface area contributed by atoms with E-state index >= 15 is 0 Å². The lowest BCUT2D eigenvalue weighted by atomic mass is 9.77. The maximum Gasteiger partial charge on any atom is 0.0492 e. The van der Waals surface area contributed by atoms with Gasteiger partial charge < -0.3 is 0 Å². The predicted molar refractivity (Wildman–Crippen MR) is 88.1 cm³/mol. The highest BCUT2D eigenvalue weighted by Crippen LogP contribution is 2.35. The molecule has 0 N–H and O–H groups in total. The second-order valence-corrected chi connectivity index (χ2v) is 6.52. The lowest BCUT2D eigenvalue weighted by Crippen LogP contribution is -2.25. The molecule has 2 nitrogen and oxygen atoms in total. The summed E-state index contributed by atoms with van der Waals surface area (Å²) >= 11 is 0. The molecule has 0 aliphatic heterocycles. The lowest BCUT2D eigenvalue weighted by molar-refractivity contribution is 0.343. The Morgan fingerprint density at radius 2 is 1.50 bits per heavy atom. The third-order valence-electron chi connectivity index (χ3n) is 4.60. The highest BCUT2D eigenvalue weighted by atomic mass is 15.3. The van der Waals surface area contributed by atoms with Gasteiger partial charge in [-0.05, 0) is 18.9 Å². The molecule has 0 amide bonds. The molecule has 0 spiro atoms. The first kappa shape index (κ1) is 17.3. The number of nitrogens with zero attached hydrogens (tertiary/aromatic N) is 2. The molecule has 1 aromatic heterocycles. The number of aromatic nitrogens is 2. The Hall–Kier alpha value is -0.790. The fourth-order valence-corrected chi connectivity index (χ4v) is 3.23. The maximum absolute atomic E-state index is 4.39. The molecule has 1 rings (SSSR count). The highest BCUT2D eigenvalue weighted by Gasteiger charge is 2.28. The van der Waals surface area contributed by atoms with E-state index in [1.54, 1.807) is 0 Å². The van der Waals surface area contributed by atoms with Gasteiger partial charge in [0.2, 0.25) is 0 Å². The Labute approximate surface area is 126 Å². The lowest BCUT2D eigenvalue weighted by Gasteiger charge is -2.30. The highest BCUT2D eigenvalue weighted by molar-refractivity contribution is 5.14. The first-order chi connectivity index (χ1) is 9.64. The minimum Gasteiger partial charge on any atom is -0.272 e. The second kappa shape index (κ2) is 9.20. The Morgan fingerprint density at radius 3 is 1.90 bits per heavy atom. The smallest absolute Gasteiger partial charge is 0.0492 e. The quantitative estimate of drug-likeness (QED) is 0.480. The third-order valence-corrected chi connectivity index (χ3v) is 4.60. The van der Waals surface area contributed by atoms with Gasteiger partial charge in [-0.2, -0.15) is 5.10 Å². The molecule has 0 atom stereocenters. The van der Waals surface area contributed by atoms with E-state index in [2.05, 4.69) is 43.7 Å². The average molecular weight is 278 g/mol. The van der Waals surface area contributed by atoms with Crippen molar-refractivity contribution in [3.05, 3.63) is 18.0 Å². The molecule has 0 aromatic carbocycles. The maximum atomic E-state index is 4.39. The van der Waals surface area contributed by atoms with Gasteiger partial charge in [0.1, 0.15) is 0 Å². The van der Waals surface area contributed by atoms with Crippen molar-refractivity contribution in [2.24, 2.45) is 7.05 Å². The number of unbranched alkanes of at least 4 members (excludes halogenated alkanes) is 6. The molecule has 20 heavy (non-hydrogen) atoms. The van der Waals surface area contributed by atoms with Gasteiger partial charge in [-0.3, -0.25) is 4.68 Å². The molecule has 0 bridgehead atoms. The van der Waals surface area contributed by atoms with Crippen molar-refractivity contribution in [3.8, 4) is 0 Å². The van der Waals surface area contributed by atoms with Crippen LogP contribution in [0.5, 0.6) is 0 Å². The van der Waals surface area contributed by atoms with Crippen LogP contribution in [0.15, 0.2) is 12.3 Å². The summed E-state index contributed by atoms with van der Waals surface area (Å²) < 4.78 is 2.08. The summed E-state index contributed by atoms with van der Waals surface area (Å²) in [5.41, 5.74) is 1.73. The molecule has 0 aliphatic carbocycles. The Morgan fingerprint density at radius 1 is 0.950 bits per heavy atom. The van der Waals surface area contributed by atoms with E-state index in [-0.39, 0.29) is 0 Å². The van der Waals surface area contributed by atoms with Crippen LogP contribution in [0.25, 0.3) is 0 Å². The van der Waals surface area contributed by atoms with E-state index in [0.29, 0.717) is 5.41 Å². The van der Waals surface area contributed by atoms with Crippen molar-refractivity contribution in [3.63, 3.8) is 0 Å². The van der Waals surface area contributed by atoms with Crippen LogP contribution in [0.2, 0.25) is 0 Å². The molecule has 2 heteroatoms. The standard InChI is InChI=1S/C18H34N2/c1-5-7-9-11-14-18(3,15-12-10-8-6-2)17-13-16-19-20(17)4/h13,16H,5-12,14-15H2,1-4H3. The van der Waals surface area contributed by atoms with Crippen LogP contribution >= 0.6 is 0 Å². The topological polar surface area (TPSA) is 17.8 Å². The van der Waals surface area contributed by atoms with Crippen LogP contribution in [0.3, 0.4) is 0 Å². The van der Waals surface area contributed by atoms with Gasteiger partial charge in [-0.15, -0.1) is 0 Å². The molecule has 0 saturated carbocycles. The van der Waals surface area contributed by atoms with Crippen molar-refractivity contribution in [2.45, 2.75) is 90.4 Å². The Bertz CT molecular complexity index is 342. The second-order valence-electron chi connectivity index (χ2n) is 6.52. The van der Waals surface area contributed by atoms with Crippen LogP contribution in [0.4, 0.5) is 0 Å². The van der Waals surface area contributed by atoms with E-state index < -0.39 is 0 Å². The number of hydrogen-bond donors (Lipinski definition) is 0. The van der Waals surface area contributed by atoms with E-state index in [1.807, 2.05) is 6.20 Å². The average Bonchev–Trinajstić information content (AvgIpc) is 2.87. The summed E-state index contributed by atoms with van der Waals surface area (Å²) in [5.74, 6) is 0. The molecular formula is C18H34N2. The zero-order valence-electron chi connectivity index (χ0n) is 14.1. The molecule has 0 saturated heterocycles. The molecule has 1 heterocycles. The Balaban J connectivity index is 2.60. The predicted octanol–water partition coefficient (Wildman–Crippen LogP) is 5.62. The SMILES string of the molecule is CCCCCCC(C)(CCCCCC)c1ccnn1C. The van der Waals surface area contributed by atoms with Gasteiger partial charge in [-0.25, -0.2) is 0 Å². The van der Waals surface area contributed by atoms with Crippen LogP contribution in [0, 0.1) is 0 Å². The molecule has 0 unspecified atom stereocenters. The fraction of sp³-hybridized carbons (Fsp3) is 0.833. The summed E-state index contributed by atoms with van der Waals surface area (Å²) in [6, 6.07) is 2.22. The number of rotatable bonds is 11. The molecule has 116 valence electrons. The summed E-state index contributed by atoms with van der Waals surface area (Å²) in [5, 5.41) is 4.39. The minimum absolute atomic E-state index is 0.312. The van der Waals surface area contributed by atoms with Crippen molar-refractivity contribution < 1.29 is 0 Å². The molecule has 0 fully saturated rings. The zero-order chi connectivity index (χ0) is 14.8. The van der Waals surface area contributed by atoms with Gasteiger partial charge in [0, 0.05) is 24.4 Å². The zero-order valence-corrected chi connectivity index (χ0v) is 14.1. The number of aryl methyl sites for hydroxylation is 1. The fourth-order valence-electron chi connectivity index (χ4n) is 3.23. The Kier molecular flexibility index (Phi) is 7.94. The van der Waals surface area contributed by atoms with Crippen LogP contribution in [-0.2, 0) is 12.5 Å². The van der Waals surface area contributed by atoms with Gasteiger partial charge in [0.05, 0.1) is 0 Å². The van der Waals surface area contributed by atoms with Gasteiger partial charge in [-0.1, -0.05) is 72.1 Å². The summed E-state index contributed by atoms with van der Waals surface area (Å²) in [6.45, 7) is 7.01. The van der Waals surface area contributed by atoms with Gasteiger partial charge in [0.15, 0.2) is 0 Å². The first-order valence-electron chi connectivity index (χ1n) is 8.62. The molecule has 1 aromatic rings. The summed E-state index contributed by atoms with van der Waals surface area (Å²) in [7, 11) is 2.09. The van der Waals surface area contributed by atoms with Crippen molar-refractivity contribution in [2.75, 3.05) is 0 Å². The van der Waals surface area contributed by atoms with E-state index in [9.17, 15) is 0 Å². The monoisotopic (exact) mass is 278 g/mol. The minimum atomic E-state index is 0.312. The summed E-state index contributed by atoms with van der Waals surface area (Å²) in [4.78, 5) is 0. The molecular weight excluding hydrogens is 244 g/mol. The molecule has 0 aliphatic rings. The normalized spacial score (nSPS) is 12.0. The van der Waals surface area contributed by atoms with Gasteiger partial charge in [0.25, 0.3) is 0 Å². The van der Waals surface area contributed by atoms with Crippen LogP contribution < -0.4 is 0 Å². The van der Waals surface area contributed by atoms with Crippen molar-refractivity contribution in [1.82, 2.24) is 9.78 Å². The third kappa shape index (κ3) is 5.30. The largest absolute Gasteiger partial charge is 0.272 e. The number of hydrogen-bond acceptors (Lipinski definition) is 1. The van der Waals surface area contributed by atoms with E-state index in [0.717, 1.165) is 0 Å². The van der Waals surface area contributed by atoms with Crippen LogP contribution in [0.1, 0.15) is 90.7 Å². The van der Waals surface area contributed by atoms with E-state index in [1.165, 1.54) is 69.9 Å².